The minimum absolute atomic E-state index is 0.153. The highest BCUT2D eigenvalue weighted by molar-refractivity contribution is 5.69. The lowest BCUT2D eigenvalue weighted by Gasteiger charge is -2.26. The Balaban J connectivity index is 1.45. The van der Waals surface area contributed by atoms with Gasteiger partial charge in [0.1, 0.15) is 18.1 Å². The molecule has 0 saturated carbocycles. The number of aliphatic hydroxyl groups is 1. The van der Waals surface area contributed by atoms with Crippen LogP contribution in [0.25, 0.3) is 0 Å². The van der Waals surface area contributed by atoms with Crippen LogP contribution in [0.1, 0.15) is 25.3 Å². The molecule has 0 bridgehead atoms. The molecule has 0 saturated heterocycles. The first-order valence-electron chi connectivity index (χ1n) is 10.8. The van der Waals surface area contributed by atoms with Gasteiger partial charge in [-0.1, -0.05) is 12.1 Å². The predicted molar refractivity (Wildman–Crippen MR) is 125 cm³/mol. The number of anilines is 1. The number of ether oxygens (including phenoxy) is 2. The quantitative estimate of drug-likeness (QED) is 0.513. The summed E-state index contributed by atoms with van der Waals surface area (Å²) < 4.78 is 11.1. The number of methoxy groups -OCH3 is 1. The molecule has 7 heteroatoms. The van der Waals surface area contributed by atoms with Gasteiger partial charge < -0.3 is 19.9 Å². The van der Waals surface area contributed by atoms with Gasteiger partial charge in [-0.15, -0.1) is 0 Å². The smallest absolute Gasteiger partial charge is 0.173 e. The summed E-state index contributed by atoms with van der Waals surface area (Å²) in [4.78, 5) is 6.81. The SMILES string of the molecule is COc1ccc(C2C=NC(Nc3ccc(OCCN(CCO)C(C)C)cc3)NC2)cc1. The van der Waals surface area contributed by atoms with Gasteiger partial charge in [0, 0.05) is 43.5 Å². The van der Waals surface area contributed by atoms with Crippen molar-refractivity contribution in [3.05, 3.63) is 54.1 Å². The molecule has 1 aliphatic rings. The maximum Gasteiger partial charge on any atom is 0.173 e. The van der Waals surface area contributed by atoms with Crippen LogP contribution in [0.2, 0.25) is 0 Å². The van der Waals surface area contributed by atoms with Crippen LogP contribution >= 0.6 is 0 Å². The number of aliphatic imine (C=N–C) groups is 1. The Kier molecular flexibility index (Phi) is 8.70. The summed E-state index contributed by atoms with van der Waals surface area (Å²) in [7, 11) is 1.67. The van der Waals surface area contributed by atoms with Crippen molar-refractivity contribution in [2.75, 3.05) is 45.3 Å². The second kappa shape index (κ2) is 11.7. The van der Waals surface area contributed by atoms with Crippen molar-refractivity contribution >= 4 is 11.9 Å². The van der Waals surface area contributed by atoms with E-state index in [0.717, 1.165) is 30.3 Å². The first kappa shape index (κ1) is 23.1. The maximum absolute atomic E-state index is 9.15. The fraction of sp³-hybridized carbons (Fsp3) is 0.458. The van der Waals surface area contributed by atoms with Gasteiger partial charge in [-0.25, -0.2) is 0 Å². The molecule has 3 N–H and O–H groups in total. The van der Waals surface area contributed by atoms with E-state index in [-0.39, 0.29) is 18.8 Å². The van der Waals surface area contributed by atoms with E-state index in [1.807, 2.05) is 42.6 Å². The highest BCUT2D eigenvalue weighted by atomic mass is 16.5. The highest BCUT2D eigenvalue weighted by Crippen LogP contribution is 2.21. The number of nitrogens with zero attached hydrogens (tertiary/aromatic N) is 2. The van der Waals surface area contributed by atoms with Crippen molar-refractivity contribution in [2.45, 2.75) is 32.1 Å². The molecule has 2 atom stereocenters. The molecule has 0 fully saturated rings. The maximum atomic E-state index is 9.15. The van der Waals surface area contributed by atoms with Gasteiger partial charge in [-0.2, -0.15) is 0 Å². The summed E-state index contributed by atoms with van der Waals surface area (Å²) in [5.74, 6) is 1.94. The van der Waals surface area contributed by atoms with Crippen LogP contribution in [-0.4, -0.2) is 68.5 Å². The van der Waals surface area contributed by atoms with Gasteiger partial charge in [0.25, 0.3) is 0 Å². The first-order chi connectivity index (χ1) is 15.1. The van der Waals surface area contributed by atoms with Gasteiger partial charge in [-0.05, 0) is 55.8 Å². The Morgan fingerprint density at radius 2 is 1.81 bits per heavy atom. The van der Waals surface area contributed by atoms with E-state index in [4.69, 9.17) is 14.6 Å². The van der Waals surface area contributed by atoms with Crippen molar-refractivity contribution < 1.29 is 14.6 Å². The van der Waals surface area contributed by atoms with Crippen LogP contribution in [0.15, 0.2) is 53.5 Å². The molecule has 2 aromatic rings. The van der Waals surface area contributed by atoms with E-state index in [1.165, 1.54) is 5.56 Å². The topological polar surface area (TPSA) is 78.3 Å². The largest absolute Gasteiger partial charge is 0.497 e. The Morgan fingerprint density at radius 1 is 1.10 bits per heavy atom. The highest BCUT2D eigenvalue weighted by Gasteiger charge is 2.17. The molecule has 1 heterocycles. The Bertz CT molecular complexity index is 809. The van der Waals surface area contributed by atoms with Crippen molar-refractivity contribution in [2.24, 2.45) is 4.99 Å². The molecule has 0 aliphatic carbocycles. The summed E-state index contributed by atoms with van der Waals surface area (Å²) >= 11 is 0. The molecule has 1 aliphatic heterocycles. The molecule has 0 aromatic heterocycles. The molecule has 168 valence electrons. The number of benzene rings is 2. The van der Waals surface area contributed by atoms with E-state index in [9.17, 15) is 0 Å². The molecular weight excluding hydrogens is 392 g/mol. The number of hydrogen-bond acceptors (Lipinski definition) is 7. The third-order valence-electron chi connectivity index (χ3n) is 5.41. The van der Waals surface area contributed by atoms with Crippen molar-refractivity contribution in [1.29, 1.82) is 0 Å². The third-order valence-corrected chi connectivity index (χ3v) is 5.41. The zero-order chi connectivity index (χ0) is 22.1. The predicted octanol–water partition coefficient (Wildman–Crippen LogP) is 2.93. The van der Waals surface area contributed by atoms with Gasteiger partial charge in [-0.3, -0.25) is 15.2 Å². The summed E-state index contributed by atoms with van der Waals surface area (Å²) in [6, 6.07) is 16.4. The van der Waals surface area contributed by atoms with E-state index < -0.39 is 0 Å². The molecule has 0 radical (unpaired) electrons. The number of rotatable bonds is 11. The molecular formula is C24H34N4O3. The van der Waals surface area contributed by atoms with Crippen LogP contribution in [0.3, 0.4) is 0 Å². The fourth-order valence-electron chi connectivity index (χ4n) is 3.52. The average Bonchev–Trinajstić information content (AvgIpc) is 2.80. The first-order valence-corrected chi connectivity index (χ1v) is 10.8. The molecule has 0 amide bonds. The van der Waals surface area contributed by atoms with E-state index in [2.05, 4.69) is 46.5 Å². The molecule has 2 unspecified atom stereocenters. The van der Waals surface area contributed by atoms with Crippen molar-refractivity contribution in [3.63, 3.8) is 0 Å². The zero-order valence-electron chi connectivity index (χ0n) is 18.6. The molecule has 31 heavy (non-hydrogen) atoms. The minimum Gasteiger partial charge on any atom is -0.497 e. The molecule has 7 nitrogen and oxygen atoms in total. The van der Waals surface area contributed by atoms with E-state index >= 15 is 0 Å². The summed E-state index contributed by atoms with van der Waals surface area (Å²) in [6.07, 6.45) is 1.85. The van der Waals surface area contributed by atoms with Gasteiger partial charge in [0.15, 0.2) is 6.29 Å². The lowest BCUT2D eigenvalue weighted by Crippen LogP contribution is -2.41. The standard InChI is InChI=1S/C24H34N4O3/c1-18(2)28(12-14-29)13-15-31-23-10-6-21(7-11-23)27-24-25-16-20(17-26-24)19-4-8-22(30-3)9-5-19/h4-11,16,18,20,24,26-27,29H,12-15,17H2,1-3H3. The number of aliphatic hydroxyl groups excluding tert-OH is 1. The van der Waals surface area contributed by atoms with Gasteiger partial charge in [0.2, 0.25) is 0 Å². The van der Waals surface area contributed by atoms with E-state index in [1.54, 1.807) is 7.11 Å². The fourth-order valence-corrected chi connectivity index (χ4v) is 3.52. The molecule has 0 spiro atoms. The van der Waals surface area contributed by atoms with Crippen molar-refractivity contribution in [3.8, 4) is 11.5 Å². The lowest BCUT2D eigenvalue weighted by molar-refractivity contribution is 0.141. The van der Waals surface area contributed by atoms with Crippen LogP contribution < -0.4 is 20.1 Å². The summed E-state index contributed by atoms with van der Waals surface area (Å²) in [5.41, 5.74) is 2.20. The summed E-state index contributed by atoms with van der Waals surface area (Å²) in [6.45, 7) is 7.26. The van der Waals surface area contributed by atoms with Crippen LogP contribution in [0.4, 0.5) is 5.69 Å². The minimum atomic E-state index is -0.153. The Morgan fingerprint density at radius 3 is 2.39 bits per heavy atom. The summed E-state index contributed by atoms with van der Waals surface area (Å²) in [5, 5.41) is 16.0. The monoisotopic (exact) mass is 426 g/mol. The second-order valence-corrected chi connectivity index (χ2v) is 7.86. The Hall–Kier alpha value is -2.61. The second-order valence-electron chi connectivity index (χ2n) is 7.86. The van der Waals surface area contributed by atoms with Gasteiger partial charge >= 0.3 is 0 Å². The Labute approximate surface area is 185 Å². The van der Waals surface area contributed by atoms with Crippen molar-refractivity contribution in [1.82, 2.24) is 10.2 Å². The number of nitrogens with one attached hydrogen (secondary N) is 2. The van der Waals surface area contributed by atoms with Crippen LogP contribution in [-0.2, 0) is 0 Å². The molecule has 2 aromatic carbocycles. The lowest BCUT2D eigenvalue weighted by atomic mass is 9.99. The van der Waals surface area contributed by atoms with Gasteiger partial charge in [0.05, 0.1) is 13.7 Å². The van der Waals surface area contributed by atoms with Crippen LogP contribution in [0.5, 0.6) is 11.5 Å². The zero-order valence-corrected chi connectivity index (χ0v) is 18.6. The normalized spacial score (nSPS) is 18.4. The third kappa shape index (κ3) is 6.95. The van der Waals surface area contributed by atoms with E-state index in [0.29, 0.717) is 19.2 Å². The number of hydrogen-bond donors (Lipinski definition) is 3. The average molecular weight is 427 g/mol. The molecule has 3 rings (SSSR count). The van der Waals surface area contributed by atoms with Crippen LogP contribution in [0, 0.1) is 0 Å².